The van der Waals surface area contributed by atoms with E-state index < -0.39 is 13.2 Å². The molecule has 27 heavy (non-hydrogen) atoms. The van der Waals surface area contributed by atoms with Crippen LogP contribution >= 0.6 is 7.81 Å². The Labute approximate surface area is 156 Å². The molecule has 2 nitrogen and oxygen atoms in total. The minimum absolute atomic E-state index is 0.0344. The van der Waals surface area contributed by atoms with Crippen molar-refractivity contribution in [2.45, 2.75) is 72.6 Å². The number of hydrogen-bond acceptors (Lipinski definition) is 1. The van der Waals surface area contributed by atoms with E-state index in [1.807, 2.05) is 27.7 Å². The Morgan fingerprint density at radius 3 is 1.37 bits per heavy atom. The average molecular weight is 422 g/mol. The first-order chi connectivity index (χ1) is 11.5. The molecular weight excluding hydrogens is 393 g/mol. The molecule has 0 spiro atoms. The number of carbonyl (C=O) groups excluding carboxylic acids is 1. The van der Waals surface area contributed by atoms with Crippen molar-refractivity contribution in [1.82, 2.24) is 0 Å². The fourth-order valence-electron chi connectivity index (χ4n) is 2.34. The van der Waals surface area contributed by atoms with E-state index in [1.54, 1.807) is 0 Å². The molecule has 160 valence electrons. The van der Waals surface area contributed by atoms with Gasteiger partial charge in [-0.25, -0.2) is 4.42 Å². The first-order valence-electron chi connectivity index (χ1n) is 8.61. The van der Waals surface area contributed by atoms with Gasteiger partial charge in [0.15, 0.2) is 0 Å². The van der Waals surface area contributed by atoms with Gasteiger partial charge in [0.05, 0.1) is 11.8 Å². The van der Waals surface area contributed by atoms with Gasteiger partial charge in [-0.15, -0.1) is 0 Å². The molecule has 0 saturated carbocycles. The van der Waals surface area contributed by atoms with Gasteiger partial charge in [0, 0.05) is 23.5 Å². The summed E-state index contributed by atoms with van der Waals surface area (Å²) >= 11 is 0. The van der Waals surface area contributed by atoms with E-state index in [1.165, 1.54) is 0 Å². The van der Waals surface area contributed by atoms with Crippen LogP contribution in [0.4, 0.5) is 25.2 Å². The second kappa shape index (κ2) is 7.34. The molecule has 1 heterocycles. The van der Waals surface area contributed by atoms with Crippen LogP contribution in [0.2, 0.25) is 0 Å². The molecule has 0 aliphatic rings. The maximum atomic E-state index is 12.5. The predicted octanol–water partition coefficient (Wildman–Crippen LogP) is 8.69. The number of ketones is 1. The Morgan fingerprint density at radius 2 is 1.15 bits per heavy atom. The number of rotatable bonds is 5. The van der Waals surface area contributed by atoms with Crippen molar-refractivity contribution >= 4 is 13.6 Å². The number of halogens is 6. The number of hydrogen-bond donors (Lipinski definition) is 0. The van der Waals surface area contributed by atoms with E-state index >= 15 is 0 Å². The third kappa shape index (κ3) is 10.7. The molecule has 9 heteroatoms. The summed E-state index contributed by atoms with van der Waals surface area (Å²) < 4.78 is 65.2. The zero-order valence-electron chi connectivity index (χ0n) is 16.9. The van der Waals surface area contributed by atoms with Crippen LogP contribution in [-0.2, 0) is 10.2 Å². The molecule has 0 atom stereocenters. The fraction of sp³-hybridized carbons (Fsp3) is 0.667. The summed E-state index contributed by atoms with van der Waals surface area (Å²) in [5.41, 5.74) is 0.591. The molecule has 0 amide bonds. The Kier molecular flexibility index (Phi) is 7.02. The van der Waals surface area contributed by atoms with Crippen molar-refractivity contribution in [3.63, 3.8) is 0 Å². The number of Topliss-reactive ketones (excluding diaryl/α,β-unsaturated/α-hetero) is 1. The van der Waals surface area contributed by atoms with Gasteiger partial charge in [-0.2, -0.15) is 0 Å². The summed E-state index contributed by atoms with van der Waals surface area (Å²) in [6.07, 6.45) is 0. The second-order valence-electron chi connectivity index (χ2n) is 8.06. The summed E-state index contributed by atoms with van der Waals surface area (Å²) in [7, 11) is -10.7. The first kappa shape index (κ1) is 25.8. The van der Waals surface area contributed by atoms with Crippen LogP contribution in [0.5, 0.6) is 0 Å². The standard InChI is InChI=1S/C18H29O2.F6P/c1-11(2)15-9-14(10-16(20-15)12(3)4)18(7,8)17(19)13(5)6;1-7(2,3,4,5)6/h9-13H,1-8H3;/q+1;-1. The topological polar surface area (TPSA) is 28.4 Å². The van der Waals surface area contributed by atoms with Crippen molar-refractivity contribution in [1.29, 1.82) is 0 Å². The van der Waals surface area contributed by atoms with Gasteiger partial charge in [0.2, 0.25) is 0 Å². The van der Waals surface area contributed by atoms with Crippen LogP contribution in [0.15, 0.2) is 16.5 Å². The summed E-state index contributed by atoms with van der Waals surface area (Å²) in [6, 6.07) is 4.10. The van der Waals surface area contributed by atoms with Crippen molar-refractivity contribution in [3.05, 3.63) is 29.2 Å². The molecule has 1 aromatic heterocycles. The van der Waals surface area contributed by atoms with E-state index in [0.29, 0.717) is 11.8 Å². The molecule has 0 aromatic carbocycles. The Balaban J connectivity index is 0.000000821. The SMILES string of the molecule is CC(C)C(=O)C(C)(C)c1cc(C(C)C)[o+]c(C(C)C)c1.F[P-](F)(F)(F)(F)F. The quantitative estimate of drug-likeness (QED) is 0.270. The van der Waals surface area contributed by atoms with Gasteiger partial charge < -0.3 is 0 Å². The fourth-order valence-corrected chi connectivity index (χ4v) is 2.34. The van der Waals surface area contributed by atoms with Crippen molar-refractivity contribution in [2.24, 2.45) is 5.92 Å². The molecule has 0 bridgehead atoms. The van der Waals surface area contributed by atoms with Gasteiger partial charge in [0.25, 0.3) is 0 Å². The van der Waals surface area contributed by atoms with Gasteiger partial charge in [-0.05, 0) is 19.4 Å². The minimum atomic E-state index is -10.7. The normalized spacial score (nSPS) is 15.3. The molecule has 1 rings (SSSR count). The summed E-state index contributed by atoms with van der Waals surface area (Å²) in [5, 5.41) is 0. The third-order valence-electron chi connectivity index (χ3n) is 3.83. The van der Waals surface area contributed by atoms with Crippen LogP contribution in [0.25, 0.3) is 0 Å². The monoisotopic (exact) mass is 422 g/mol. The first-order valence-corrected chi connectivity index (χ1v) is 10.6. The molecule has 0 saturated heterocycles. The Bertz CT molecular complexity index is 639. The van der Waals surface area contributed by atoms with Crippen LogP contribution in [0.1, 0.15) is 84.3 Å². The molecule has 0 fully saturated rings. The zero-order chi connectivity index (χ0) is 22.1. The van der Waals surface area contributed by atoms with E-state index in [9.17, 15) is 30.0 Å². The third-order valence-corrected chi connectivity index (χ3v) is 3.83. The molecule has 0 radical (unpaired) electrons. The van der Waals surface area contributed by atoms with Crippen molar-refractivity contribution < 1.29 is 34.4 Å². The van der Waals surface area contributed by atoms with Crippen LogP contribution in [0, 0.1) is 5.92 Å². The predicted molar refractivity (Wildman–Crippen MR) is 97.7 cm³/mol. The molecule has 0 aliphatic heterocycles. The molecule has 0 N–H and O–H groups in total. The van der Waals surface area contributed by atoms with E-state index in [-0.39, 0.29) is 11.7 Å². The molecule has 0 unspecified atom stereocenters. The zero-order valence-corrected chi connectivity index (χ0v) is 17.8. The molecular formula is C18H29F6O2P. The summed E-state index contributed by atoms with van der Waals surface area (Å²) in [5.74, 6) is 2.85. The van der Waals surface area contributed by atoms with E-state index in [4.69, 9.17) is 4.42 Å². The molecule has 0 aliphatic carbocycles. The average Bonchev–Trinajstić information content (AvgIpc) is 2.42. The number of carbonyl (C=O) groups is 1. The Hall–Kier alpha value is -1.17. The van der Waals surface area contributed by atoms with E-state index in [2.05, 4.69) is 39.8 Å². The van der Waals surface area contributed by atoms with Gasteiger partial charge in [0.1, 0.15) is 5.78 Å². The van der Waals surface area contributed by atoms with Gasteiger partial charge in [-0.1, -0.05) is 41.5 Å². The van der Waals surface area contributed by atoms with Crippen LogP contribution < -0.4 is 0 Å². The maximum absolute atomic E-state index is 12.5. The van der Waals surface area contributed by atoms with Crippen LogP contribution in [0.3, 0.4) is 0 Å². The summed E-state index contributed by atoms with van der Waals surface area (Å²) in [4.78, 5) is 12.5. The van der Waals surface area contributed by atoms with E-state index in [0.717, 1.165) is 17.1 Å². The van der Waals surface area contributed by atoms with Crippen molar-refractivity contribution in [3.8, 4) is 0 Å². The van der Waals surface area contributed by atoms with Gasteiger partial charge >= 0.3 is 44.5 Å². The Morgan fingerprint density at radius 1 is 0.852 bits per heavy atom. The summed E-state index contributed by atoms with van der Waals surface area (Å²) in [6.45, 7) is 16.4. The van der Waals surface area contributed by atoms with Crippen molar-refractivity contribution in [2.75, 3.05) is 0 Å². The second-order valence-corrected chi connectivity index (χ2v) is 9.98. The van der Waals surface area contributed by atoms with Crippen LogP contribution in [-0.4, -0.2) is 5.78 Å². The molecule has 1 aromatic rings. The van der Waals surface area contributed by atoms with Gasteiger partial charge in [-0.3, -0.25) is 4.79 Å².